The number of thiocarbonyl (C=S) groups is 1. The van der Waals surface area contributed by atoms with Crippen LogP contribution in [-0.4, -0.2) is 33.2 Å². The van der Waals surface area contributed by atoms with Crippen molar-refractivity contribution in [3.05, 3.63) is 46.8 Å². The lowest BCUT2D eigenvalue weighted by atomic mass is 10.3. The van der Waals surface area contributed by atoms with Crippen molar-refractivity contribution in [2.45, 2.75) is 0 Å². The highest BCUT2D eigenvalue weighted by Gasteiger charge is 2.08. The first-order valence-electron chi connectivity index (χ1n) is 6.04. The number of rotatable bonds is 3. The Balaban J connectivity index is 2.16. The lowest BCUT2D eigenvalue weighted by molar-refractivity contribution is 0.235. The third kappa shape index (κ3) is 4.45. The largest absolute Gasteiger partial charge is 0.480 e. The Morgan fingerprint density at radius 3 is 2.68 bits per heavy atom. The van der Waals surface area contributed by atoms with Gasteiger partial charge in [0.2, 0.25) is 5.88 Å². The SMILES string of the molecule is COc1cncc(/C(=N/C(=S)Nc2ccc(Br)cc2)NO)n1. The first kappa shape index (κ1) is 16.3. The molecule has 0 spiro atoms. The van der Waals surface area contributed by atoms with Gasteiger partial charge in [-0.1, -0.05) is 15.9 Å². The first-order valence-corrected chi connectivity index (χ1v) is 7.24. The molecule has 7 nitrogen and oxygen atoms in total. The molecule has 0 fully saturated rings. The predicted molar refractivity (Wildman–Crippen MR) is 90.4 cm³/mol. The number of hydrogen-bond acceptors (Lipinski definition) is 5. The molecule has 0 saturated heterocycles. The summed E-state index contributed by atoms with van der Waals surface area (Å²) in [5, 5.41) is 12.3. The summed E-state index contributed by atoms with van der Waals surface area (Å²) in [6.07, 6.45) is 2.86. The van der Waals surface area contributed by atoms with E-state index in [2.05, 4.69) is 36.2 Å². The van der Waals surface area contributed by atoms with E-state index in [9.17, 15) is 5.21 Å². The molecule has 0 aliphatic heterocycles. The minimum atomic E-state index is 0.0565. The Morgan fingerprint density at radius 2 is 2.05 bits per heavy atom. The predicted octanol–water partition coefficient (Wildman–Crippen LogP) is 2.37. The van der Waals surface area contributed by atoms with E-state index in [4.69, 9.17) is 17.0 Å². The third-order valence-electron chi connectivity index (χ3n) is 2.48. The highest BCUT2D eigenvalue weighted by atomic mass is 79.9. The van der Waals surface area contributed by atoms with Crippen molar-refractivity contribution >= 4 is 44.8 Å². The van der Waals surface area contributed by atoms with E-state index < -0.39 is 0 Å². The van der Waals surface area contributed by atoms with E-state index in [0.717, 1.165) is 10.2 Å². The monoisotopic (exact) mass is 381 g/mol. The van der Waals surface area contributed by atoms with Crippen molar-refractivity contribution in [2.24, 2.45) is 4.99 Å². The zero-order valence-corrected chi connectivity index (χ0v) is 13.8. The standard InChI is InChI=1S/C13H12BrN5O2S/c1-21-11-7-15-6-10(17-11)12(19-20)18-13(22)16-9-4-2-8(14)3-5-9/h2-7,20H,1H3,(H2,16,18,19,22). The molecule has 0 bridgehead atoms. The van der Waals surface area contributed by atoms with E-state index in [-0.39, 0.29) is 10.9 Å². The molecular weight excluding hydrogens is 370 g/mol. The van der Waals surface area contributed by atoms with Gasteiger partial charge in [-0.3, -0.25) is 15.7 Å². The fourth-order valence-corrected chi connectivity index (χ4v) is 1.96. The molecule has 0 unspecified atom stereocenters. The van der Waals surface area contributed by atoms with Crippen molar-refractivity contribution in [2.75, 3.05) is 12.4 Å². The van der Waals surface area contributed by atoms with Gasteiger partial charge in [-0.15, -0.1) is 0 Å². The molecule has 0 radical (unpaired) electrons. The third-order valence-corrected chi connectivity index (χ3v) is 3.20. The molecule has 114 valence electrons. The number of nitrogens with one attached hydrogen (secondary N) is 2. The molecule has 2 aromatic rings. The first-order chi connectivity index (χ1) is 10.6. The Hall–Kier alpha value is -2.10. The number of hydrogen-bond donors (Lipinski definition) is 3. The van der Waals surface area contributed by atoms with Gasteiger partial charge in [-0.2, -0.15) is 4.99 Å². The number of aliphatic imine (C=N–C) groups is 1. The lowest BCUT2D eigenvalue weighted by Gasteiger charge is -2.07. The van der Waals surface area contributed by atoms with E-state index >= 15 is 0 Å². The number of nitrogens with zero attached hydrogens (tertiary/aromatic N) is 3. The van der Waals surface area contributed by atoms with E-state index in [1.54, 1.807) is 0 Å². The van der Waals surface area contributed by atoms with Crippen molar-refractivity contribution in [1.82, 2.24) is 15.4 Å². The molecular formula is C13H12BrN5O2S. The molecule has 9 heteroatoms. The van der Waals surface area contributed by atoms with Crippen LogP contribution < -0.4 is 15.5 Å². The van der Waals surface area contributed by atoms with Crippen LogP contribution in [0, 0.1) is 0 Å². The van der Waals surface area contributed by atoms with Crippen molar-refractivity contribution in [3.8, 4) is 5.88 Å². The Labute approximate surface area is 140 Å². The zero-order chi connectivity index (χ0) is 15.9. The fraction of sp³-hybridized carbons (Fsp3) is 0.0769. The average Bonchev–Trinajstić information content (AvgIpc) is 2.55. The zero-order valence-electron chi connectivity index (χ0n) is 11.4. The number of aromatic nitrogens is 2. The minimum Gasteiger partial charge on any atom is -0.480 e. The van der Waals surface area contributed by atoms with E-state index in [1.807, 2.05) is 29.7 Å². The van der Waals surface area contributed by atoms with E-state index in [0.29, 0.717) is 11.6 Å². The van der Waals surface area contributed by atoms with Gasteiger partial charge >= 0.3 is 0 Å². The van der Waals surface area contributed by atoms with E-state index in [1.165, 1.54) is 19.5 Å². The summed E-state index contributed by atoms with van der Waals surface area (Å²) in [6.45, 7) is 0. The van der Waals surface area contributed by atoms with Crippen LogP contribution in [0.15, 0.2) is 46.1 Å². The summed E-state index contributed by atoms with van der Waals surface area (Å²) in [6, 6.07) is 7.41. The lowest BCUT2D eigenvalue weighted by Crippen LogP contribution is -2.24. The fourth-order valence-electron chi connectivity index (χ4n) is 1.49. The summed E-state index contributed by atoms with van der Waals surface area (Å²) in [7, 11) is 1.47. The van der Waals surface area contributed by atoms with Gasteiger partial charge in [0.25, 0.3) is 0 Å². The van der Waals surface area contributed by atoms with Crippen LogP contribution >= 0.6 is 28.1 Å². The Bertz CT molecular complexity index is 693. The maximum absolute atomic E-state index is 9.21. The molecule has 3 N–H and O–H groups in total. The smallest absolute Gasteiger partial charge is 0.232 e. The molecule has 1 aromatic carbocycles. The van der Waals surface area contributed by atoms with Crippen LogP contribution in [0.3, 0.4) is 0 Å². The van der Waals surface area contributed by atoms with Crippen molar-refractivity contribution in [1.29, 1.82) is 0 Å². The molecule has 0 aliphatic carbocycles. The van der Waals surface area contributed by atoms with Crippen molar-refractivity contribution < 1.29 is 9.94 Å². The number of amidine groups is 1. The van der Waals surface area contributed by atoms with Crippen LogP contribution in [0.2, 0.25) is 0 Å². The number of hydroxylamine groups is 1. The summed E-state index contributed by atoms with van der Waals surface area (Å²) < 4.78 is 5.93. The summed E-state index contributed by atoms with van der Waals surface area (Å²) in [5.41, 5.74) is 3.02. The minimum absolute atomic E-state index is 0.0565. The van der Waals surface area contributed by atoms with Gasteiger partial charge < -0.3 is 10.1 Å². The maximum Gasteiger partial charge on any atom is 0.232 e. The van der Waals surface area contributed by atoms with Crippen LogP contribution in [0.5, 0.6) is 5.88 Å². The summed E-state index contributed by atoms with van der Waals surface area (Å²) in [4.78, 5) is 12.1. The van der Waals surface area contributed by atoms with Crippen LogP contribution in [-0.2, 0) is 0 Å². The highest BCUT2D eigenvalue weighted by molar-refractivity contribution is 9.10. The number of benzene rings is 1. The average molecular weight is 382 g/mol. The molecule has 1 heterocycles. The molecule has 0 saturated carbocycles. The summed E-state index contributed by atoms with van der Waals surface area (Å²) >= 11 is 8.48. The molecule has 0 aliphatic rings. The topological polar surface area (TPSA) is 91.7 Å². The van der Waals surface area contributed by atoms with Crippen LogP contribution in [0.4, 0.5) is 5.69 Å². The molecule has 0 atom stereocenters. The van der Waals surface area contributed by atoms with Gasteiger partial charge in [-0.05, 0) is 36.5 Å². The van der Waals surface area contributed by atoms with Gasteiger partial charge in [0.1, 0.15) is 5.69 Å². The maximum atomic E-state index is 9.21. The highest BCUT2D eigenvalue weighted by Crippen LogP contribution is 2.14. The van der Waals surface area contributed by atoms with Crippen LogP contribution in [0.25, 0.3) is 0 Å². The summed E-state index contributed by atoms with van der Waals surface area (Å²) in [5.74, 6) is 0.355. The normalized spacial score (nSPS) is 11.0. The second kappa shape index (κ2) is 7.78. The number of anilines is 1. The molecule has 1 aromatic heterocycles. The number of halogens is 1. The molecule has 22 heavy (non-hydrogen) atoms. The van der Waals surface area contributed by atoms with Crippen molar-refractivity contribution in [3.63, 3.8) is 0 Å². The van der Waals surface area contributed by atoms with Gasteiger partial charge in [0.15, 0.2) is 10.9 Å². The Morgan fingerprint density at radius 1 is 1.32 bits per heavy atom. The van der Waals surface area contributed by atoms with Crippen LogP contribution in [0.1, 0.15) is 5.69 Å². The second-order valence-corrected chi connectivity index (χ2v) is 5.26. The van der Waals surface area contributed by atoms with Gasteiger partial charge in [-0.25, -0.2) is 4.98 Å². The number of ether oxygens (including phenoxy) is 1. The second-order valence-electron chi connectivity index (χ2n) is 3.96. The molecule has 2 rings (SSSR count). The van der Waals surface area contributed by atoms with Gasteiger partial charge in [0.05, 0.1) is 19.5 Å². The Kier molecular flexibility index (Phi) is 5.75. The number of methoxy groups -OCH3 is 1. The molecule has 0 amide bonds. The van der Waals surface area contributed by atoms with Gasteiger partial charge in [0, 0.05) is 10.2 Å². The quantitative estimate of drug-likeness (QED) is 0.325.